The zero-order valence-electron chi connectivity index (χ0n) is 13.5. The first-order valence-corrected chi connectivity index (χ1v) is 9.31. The van der Waals surface area contributed by atoms with Crippen LogP contribution in [0, 0.1) is 25.2 Å². The number of aromatic nitrogens is 1. The van der Waals surface area contributed by atoms with Crippen LogP contribution in [-0.2, 0) is 9.84 Å². The Labute approximate surface area is 136 Å². The fraction of sp³-hybridized carbons (Fsp3) is 0.412. The van der Waals surface area contributed by atoms with E-state index in [0.29, 0.717) is 18.7 Å². The highest BCUT2D eigenvalue weighted by atomic mass is 32.2. The van der Waals surface area contributed by atoms with Gasteiger partial charge in [-0.3, -0.25) is 4.98 Å². The van der Waals surface area contributed by atoms with E-state index in [1.807, 2.05) is 24.8 Å². The molecule has 0 aliphatic carbocycles. The molecule has 1 aliphatic heterocycles. The van der Waals surface area contributed by atoms with Crippen molar-refractivity contribution in [3.8, 4) is 6.07 Å². The van der Waals surface area contributed by atoms with Crippen LogP contribution in [0.2, 0.25) is 0 Å². The number of benzene rings is 1. The van der Waals surface area contributed by atoms with Crippen molar-refractivity contribution in [2.45, 2.75) is 26.0 Å². The van der Waals surface area contributed by atoms with E-state index < -0.39 is 15.1 Å². The van der Waals surface area contributed by atoms with E-state index in [1.54, 1.807) is 13.1 Å². The molecule has 0 unspecified atom stereocenters. The lowest BCUT2D eigenvalue weighted by Gasteiger charge is -2.34. The monoisotopic (exact) mass is 329 g/mol. The second-order valence-electron chi connectivity index (χ2n) is 6.23. The van der Waals surface area contributed by atoms with Crippen LogP contribution in [0.5, 0.6) is 0 Å². The van der Waals surface area contributed by atoms with Crippen molar-refractivity contribution in [1.82, 2.24) is 4.98 Å². The van der Waals surface area contributed by atoms with Crippen LogP contribution >= 0.6 is 0 Å². The Morgan fingerprint density at radius 1 is 1.35 bits per heavy atom. The topological polar surface area (TPSA) is 74.1 Å². The molecule has 0 radical (unpaired) electrons. The highest BCUT2D eigenvalue weighted by Gasteiger charge is 2.31. The SMILES string of the molecule is Cc1cc(C)c2ncc(C#N)c(N3CCS(=O)(=O)[C@H](C)C3)c2c1. The standard InChI is InChI=1S/C17H19N3O2S/c1-11-6-12(2)16-15(7-11)17(14(8-18)9-19-16)20-4-5-23(21,22)13(3)10-20/h6-7,9,13H,4-5,10H2,1-3H3/t13-/m1/s1. The maximum absolute atomic E-state index is 12.0. The van der Waals surface area contributed by atoms with E-state index in [1.165, 1.54) is 0 Å². The first-order chi connectivity index (χ1) is 10.8. The van der Waals surface area contributed by atoms with Gasteiger partial charge in [0.2, 0.25) is 0 Å². The lowest BCUT2D eigenvalue weighted by atomic mass is 10.0. The Balaban J connectivity index is 2.22. The van der Waals surface area contributed by atoms with Gasteiger partial charge in [-0.05, 0) is 32.4 Å². The molecule has 3 rings (SSSR count). The summed E-state index contributed by atoms with van der Waals surface area (Å²) in [5.74, 6) is 0.119. The van der Waals surface area contributed by atoms with Gasteiger partial charge in [-0.2, -0.15) is 5.26 Å². The summed E-state index contributed by atoms with van der Waals surface area (Å²) in [5, 5.41) is 9.97. The Bertz CT molecular complexity index is 929. The van der Waals surface area contributed by atoms with Crippen LogP contribution in [0.25, 0.3) is 10.9 Å². The van der Waals surface area contributed by atoms with Crippen molar-refractivity contribution in [1.29, 1.82) is 5.26 Å². The number of fused-ring (bicyclic) bond motifs is 1. The van der Waals surface area contributed by atoms with Crippen LogP contribution in [0.15, 0.2) is 18.3 Å². The fourth-order valence-electron chi connectivity index (χ4n) is 3.23. The number of hydrogen-bond acceptors (Lipinski definition) is 5. The summed E-state index contributed by atoms with van der Waals surface area (Å²) < 4.78 is 24.0. The van der Waals surface area contributed by atoms with Crippen molar-refractivity contribution in [3.63, 3.8) is 0 Å². The zero-order chi connectivity index (χ0) is 16.8. The highest BCUT2D eigenvalue weighted by Crippen LogP contribution is 2.33. The molecule has 2 heterocycles. The number of anilines is 1. The van der Waals surface area contributed by atoms with E-state index in [2.05, 4.69) is 17.1 Å². The number of pyridine rings is 1. The van der Waals surface area contributed by atoms with Gasteiger partial charge in [0.25, 0.3) is 0 Å². The second-order valence-corrected chi connectivity index (χ2v) is 8.77. The molecule has 0 spiro atoms. The molecular formula is C17H19N3O2S. The van der Waals surface area contributed by atoms with Crippen LogP contribution in [0.3, 0.4) is 0 Å². The molecule has 0 bridgehead atoms. The summed E-state index contributed by atoms with van der Waals surface area (Å²) in [7, 11) is -3.03. The maximum Gasteiger partial charge on any atom is 0.156 e. The maximum atomic E-state index is 12.0. The molecule has 1 saturated heterocycles. The summed E-state index contributed by atoms with van der Waals surface area (Å²) in [6, 6.07) is 6.30. The largest absolute Gasteiger partial charge is 0.368 e. The molecular weight excluding hydrogens is 310 g/mol. The molecule has 120 valence electrons. The van der Waals surface area contributed by atoms with Crippen molar-refractivity contribution >= 4 is 26.4 Å². The number of aryl methyl sites for hydroxylation is 2. The molecule has 1 aromatic carbocycles. The molecule has 0 saturated carbocycles. The smallest absolute Gasteiger partial charge is 0.156 e. The first kappa shape index (κ1) is 15.8. The zero-order valence-corrected chi connectivity index (χ0v) is 14.3. The number of nitrogens with zero attached hydrogens (tertiary/aromatic N) is 3. The van der Waals surface area contributed by atoms with Crippen LogP contribution in [-0.4, -0.2) is 37.5 Å². The van der Waals surface area contributed by atoms with Gasteiger partial charge in [0, 0.05) is 24.7 Å². The van der Waals surface area contributed by atoms with Crippen molar-refractivity contribution < 1.29 is 8.42 Å². The molecule has 0 amide bonds. The summed E-state index contributed by atoms with van der Waals surface area (Å²) in [4.78, 5) is 6.45. The summed E-state index contributed by atoms with van der Waals surface area (Å²) in [6.45, 7) is 6.56. The molecule has 2 aromatic rings. The average molecular weight is 329 g/mol. The molecule has 1 aliphatic rings. The Morgan fingerprint density at radius 2 is 2.09 bits per heavy atom. The lowest BCUT2D eigenvalue weighted by molar-refractivity contribution is 0.569. The molecule has 5 nitrogen and oxygen atoms in total. The van der Waals surface area contributed by atoms with E-state index in [0.717, 1.165) is 27.7 Å². The van der Waals surface area contributed by atoms with Gasteiger partial charge < -0.3 is 4.90 Å². The van der Waals surface area contributed by atoms with Gasteiger partial charge in [-0.1, -0.05) is 11.6 Å². The highest BCUT2D eigenvalue weighted by molar-refractivity contribution is 7.92. The van der Waals surface area contributed by atoms with Gasteiger partial charge in [0.15, 0.2) is 9.84 Å². The van der Waals surface area contributed by atoms with Gasteiger partial charge in [-0.25, -0.2) is 8.42 Å². The van der Waals surface area contributed by atoms with Crippen molar-refractivity contribution in [3.05, 3.63) is 35.0 Å². The predicted molar refractivity (Wildman–Crippen MR) is 91.4 cm³/mol. The Hall–Kier alpha value is -2.13. The van der Waals surface area contributed by atoms with Gasteiger partial charge >= 0.3 is 0 Å². The molecule has 1 fully saturated rings. The van der Waals surface area contributed by atoms with Crippen molar-refractivity contribution in [2.24, 2.45) is 0 Å². The third-order valence-corrected chi connectivity index (χ3v) is 6.58. The Kier molecular flexibility index (Phi) is 3.77. The average Bonchev–Trinajstić information content (AvgIpc) is 2.49. The molecule has 6 heteroatoms. The van der Waals surface area contributed by atoms with E-state index in [4.69, 9.17) is 0 Å². The molecule has 1 atom stereocenters. The van der Waals surface area contributed by atoms with Gasteiger partial charge in [0.1, 0.15) is 6.07 Å². The third kappa shape index (κ3) is 2.66. The molecule has 0 N–H and O–H groups in total. The first-order valence-electron chi connectivity index (χ1n) is 7.60. The fourth-order valence-corrected chi connectivity index (χ4v) is 4.51. The Morgan fingerprint density at radius 3 is 2.74 bits per heavy atom. The van der Waals surface area contributed by atoms with Crippen LogP contribution < -0.4 is 4.90 Å². The van der Waals surface area contributed by atoms with Crippen molar-refractivity contribution in [2.75, 3.05) is 23.7 Å². The summed E-state index contributed by atoms with van der Waals surface area (Å²) >= 11 is 0. The number of rotatable bonds is 1. The second kappa shape index (κ2) is 5.50. The number of sulfone groups is 1. The summed E-state index contributed by atoms with van der Waals surface area (Å²) in [6.07, 6.45) is 1.59. The molecule has 1 aromatic heterocycles. The summed E-state index contributed by atoms with van der Waals surface area (Å²) in [5.41, 5.74) is 4.33. The van der Waals surface area contributed by atoms with E-state index in [9.17, 15) is 13.7 Å². The van der Waals surface area contributed by atoms with Gasteiger partial charge in [-0.15, -0.1) is 0 Å². The third-order valence-electron chi connectivity index (χ3n) is 4.45. The normalized spacial score (nSPS) is 20.4. The predicted octanol–water partition coefficient (Wildman–Crippen LogP) is 2.35. The minimum absolute atomic E-state index is 0.119. The minimum Gasteiger partial charge on any atom is -0.368 e. The number of nitriles is 1. The van der Waals surface area contributed by atoms with E-state index >= 15 is 0 Å². The van der Waals surface area contributed by atoms with E-state index in [-0.39, 0.29) is 5.75 Å². The van der Waals surface area contributed by atoms with Crippen LogP contribution in [0.1, 0.15) is 23.6 Å². The lowest BCUT2D eigenvalue weighted by Crippen LogP contribution is -2.46. The van der Waals surface area contributed by atoms with Crippen LogP contribution in [0.4, 0.5) is 5.69 Å². The molecule has 23 heavy (non-hydrogen) atoms. The number of hydrogen-bond donors (Lipinski definition) is 0. The quantitative estimate of drug-likeness (QED) is 0.803. The minimum atomic E-state index is -3.03. The van der Waals surface area contributed by atoms with Gasteiger partial charge in [0.05, 0.1) is 27.8 Å².